The Kier molecular flexibility index (Phi) is 4.18. The Morgan fingerprint density at radius 2 is 1.76 bits per heavy atom. The molecule has 0 saturated carbocycles. The van der Waals surface area contributed by atoms with Crippen molar-refractivity contribution in [3.05, 3.63) is 29.3 Å². The fraction of sp³-hybridized carbons (Fsp3) is 0.231. The van der Waals surface area contributed by atoms with Crippen LogP contribution in [-0.4, -0.2) is 38.2 Å². The minimum Gasteiger partial charge on any atom is -0.481 e. The van der Waals surface area contributed by atoms with Crippen LogP contribution in [0.4, 0.5) is 0 Å². The van der Waals surface area contributed by atoms with E-state index in [-0.39, 0.29) is 5.01 Å². The zero-order valence-electron chi connectivity index (χ0n) is 10.6. The maximum absolute atomic E-state index is 11.4. The summed E-state index contributed by atoms with van der Waals surface area (Å²) in [4.78, 5) is 37.5. The van der Waals surface area contributed by atoms with Crippen molar-refractivity contribution in [2.24, 2.45) is 5.92 Å². The Hall–Kier alpha value is -2.48. The number of hydrogen-bond acceptors (Lipinski definition) is 5. The lowest BCUT2D eigenvalue weighted by molar-refractivity contribution is -0.154. The molecule has 110 valence electrons. The van der Waals surface area contributed by atoms with E-state index >= 15 is 0 Å². The standard InChI is InChI=1S/C13H11NO6S/c15-9(16)5-6(12(17)18)10(13(19)20)11-14-7-3-1-2-4-8(7)21-11/h1-4,6,10H,5H2,(H,15,16)(H,17,18)(H,19,20). The smallest absolute Gasteiger partial charge is 0.314 e. The van der Waals surface area contributed by atoms with E-state index in [4.69, 9.17) is 10.2 Å². The van der Waals surface area contributed by atoms with Crippen LogP contribution >= 0.6 is 11.3 Å². The normalized spacial score (nSPS) is 13.7. The molecule has 0 radical (unpaired) electrons. The number of para-hydroxylation sites is 1. The van der Waals surface area contributed by atoms with Gasteiger partial charge < -0.3 is 15.3 Å². The van der Waals surface area contributed by atoms with Crippen molar-refractivity contribution in [1.82, 2.24) is 4.98 Å². The van der Waals surface area contributed by atoms with E-state index in [0.29, 0.717) is 5.52 Å². The summed E-state index contributed by atoms with van der Waals surface area (Å²) in [6.45, 7) is 0. The van der Waals surface area contributed by atoms with Gasteiger partial charge in [-0.2, -0.15) is 0 Å². The van der Waals surface area contributed by atoms with E-state index in [0.717, 1.165) is 16.0 Å². The number of carbonyl (C=O) groups is 3. The molecule has 0 amide bonds. The molecule has 2 rings (SSSR count). The van der Waals surface area contributed by atoms with Gasteiger partial charge in [-0.1, -0.05) is 12.1 Å². The molecule has 21 heavy (non-hydrogen) atoms. The Bertz CT molecular complexity index is 677. The number of aromatic nitrogens is 1. The van der Waals surface area contributed by atoms with Crippen LogP contribution in [-0.2, 0) is 14.4 Å². The third-order valence-corrected chi connectivity index (χ3v) is 4.08. The third kappa shape index (κ3) is 3.16. The minimum absolute atomic E-state index is 0.0948. The lowest BCUT2D eigenvalue weighted by Crippen LogP contribution is -2.30. The van der Waals surface area contributed by atoms with Gasteiger partial charge >= 0.3 is 17.9 Å². The molecule has 0 fully saturated rings. The van der Waals surface area contributed by atoms with Crippen molar-refractivity contribution in [1.29, 1.82) is 0 Å². The number of thiazole rings is 1. The number of fused-ring (bicyclic) bond motifs is 1. The van der Waals surface area contributed by atoms with Crippen LogP contribution in [0.1, 0.15) is 17.3 Å². The molecule has 2 unspecified atom stereocenters. The fourth-order valence-corrected chi connectivity index (χ4v) is 3.13. The molecular formula is C13H11NO6S. The molecule has 2 aromatic rings. The summed E-state index contributed by atoms with van der Waals surface area (Å²) in [6.07, 6.45) is -0.776. The second-order valence-electron chi connectivity index (χ2n) is 4.38. The number of carboxylic acids is 3. The molecule has 1 aromatic carbocycles. The average Bonchev–Trinajstić information content (AvgIpc) is 2.80. The van der Waals surface area contributed by atoms with Gasteiger partial charge in [0.2, 0.25) is 0 Å². The Labute approximate surface area is 122 Å². The zero-order valence-corrected chi connectivity index (χ0v) is 11.4. The minimum atomic E-state index is -1.57. The molecule has 2 atom stereocenters. The molecule has 0 saturated heterocycles. The van der Waals surface area contributed by atoms with Crippen LogP contribution in [0.5, 0.6) is 0 Å². The summed E-state index contributed by atoms with van der Waals surface area (Å²) < 4.78 is 0.721. The molecule has 0 aliphatic carbocycles. The van der Waals surface area contributed by atoms with Crippen molar-refractivity contribution < 1.29 is 29.7 Å². The van der Waals surface area contributed by atoms with Crippen LogP contribution in [0.25, 0.3) is 10.2 Å². The molecule has 0 spiro atoms. The van der Waals surface area contributed by atoms with Crippen LogP contribution in [0, 0.1) is 5.92 Å². The van der Waals surface area contributed by atoms with Gasteiger partial charge in [0.05, 0.1) is 22.6 Å². The van der Waals surface area contributed by atoms with Crippen LogP contribution in [0.3, 0.4) is 0 Å². The van der Waals surface area contributed by atoms with E-state index in [1.54, 1.807) is 24.3 Å². The maximum Gasteiger partial charge on any atom is 0.314 e. The number of rotatable bonds is 6. The van der Waals surface area contributed by atoms with Gasteiger partial charge in [0.15, 0.2) is 0 Å². The first kappa shape index (κ1) is 14.9. The topological polar surface area (TPSA) is 125 Å². The Morgan fingerprint density at radius 1 is 1.10 bits per heavy atom. The Balaban J connectivity index is 2.48. The van der Waals surface area contributed by atoms with Gasteiger partial charge in [-0.05, 0) is 12.1 Å². The van der Waals surface area contributed by atoms with E-state index in [1.165, 1.54) is 0 Å². The summed E-state index contributed by atoms with van der Waals surface area (Å²) in [5, 5.41) is 27.3. The van der Waals surface area contributed by atoms with Crippen molar-refractivity contribution in [2.45, 2.75) is 12.3 Å². The second kappa shape index (κ2) is 5.88. The SMILES string of the molecule is O=C(O)CC(C(=O)O)C(C(=O)O)c1nc2ccccc2s1. The molecule has 0 bridgehead atoms. The van der Waals surface area contributed by atoms with Crippen LogP contribution in [0.15, 0.2) is 24.3 Å². The van der Waals surface area contributed by atoms with Gasteiger partial charge in [0, 0.05) is 0 Å². The average molecular weight is 309 g/mol. The van der Waals surface area contributed by atoms with E-state index in [9.17, 15) is 19.5 Å². The van der Waals surface area contributed by atoms with E-state index in [2.05, 4.69) is 4.98 Å². The summed E-state index contributed by atoms with van der Waals surface area (Å²) in [7, 11) is 0. The van der Waals surface area contributed by atoms with Crippen LogP contribution < -0.4 is 0 Å². The highest BCUT2D eigenvalue weighted by Gasteiger charge is 2.38. The molecule has 1 aromatic heterocycles. The van der Waals surface area contributed by atoms with Gasteiger partial charge in [-0.3, -0.25) is 14.4 Å². The first-order chi connectivity index (χ1) is 9.90. The number of aliphatic carboxylic acids is 3. The predicted molar refractivity (Wildman–Crippen MR) is 73.4 cm³/mol. The molecule has 7 nitrogen and oxygen atoms in total. The highest BCUT2D eigenvalue weighted by Crippen LogP contribution is 2.34. The van der Waals surface area contributed by atoms with Gasteiger partial charge in [-0.15, -0.1) is 11.3 Å². The summed E-state index contributed by atoms with van der Waals surface area (Å²) in [5.74, 6) is -7.29. The molecule has 1 heterocycles. The summed E-state index contributed by atoms with van der Waals surface area (Å²) in [5.41, 5.74) is 0.559. The van der Waals surface area contributed by atoms with Crippen molar-refractivity contribution in [3.8, 4) is 0 Å². The monoisotopic (exact) mass is 309 g/mol. The number of benzene rings is 1. The molecule has 8 heteroatoms. The molecule has 3 N–H and O–H groups in total. The number of hydrogen-bond donors (Lipinski definition) is 3. The quantitative estimate of drug-likeness (QED) is 0.740. The zero-order chi connectivity index (χ0) is 15.6. The highest BCUT2D eigenvalue weighted by molar-refractivity contribution is 7.18. The highest BCUT2D eigenvalue weighted by atomic mass is 32.1. The maximum atomic E-state index is 11.4. The first-order valence-electron chi connectivity index (χ1n) is 5.93. The fourth-order valence-electron chi connectivity index (χ4n) is 2.01. The molecular weight excluding hydrogens is 298 g/mol. The van der Waals surface area contributed by atoms with Crippen molar-refractivity contribution >= 4 is 39.5 Å². The number of carboxylic acid groups (broad SMARTS) is 3. The van der Waals surface area contributed by atoms with Crippen molar-refractivity contribution in [3.63, 3.8) is 0 Å². The van der Waals surface area contributed by atoms with Crippen molar-refractivity contribution in [2.75, 3.05) is 0 Å². The third-order valence-electron chi connectivity index (χ3n) is 2.96. The van der Waals surface area contributed by atoms with E-state index < -0.39 is 36.2 Å². The van der Waals surface area contributed by atoms with Gasteiger partial charge in [0.25, 0.3) is 0 Å². The first-order valence-corrected chi connectivity index (χ1v) is 6.74. The number of nitrogens with zero attached hydrogens (tertiary/aromatic N) is 1. The predicted octanol–water partition coefficient (Wildman–Crippen LogP) is 1.64. The second-order valence-corrected chi connectivity index (χ2v) is 5.44. The largest absolute Gasteiger partial charge is 0.481 e. The Morgan fingerprint density at radius 3 is 2.29 bits per heavy atom. The summed E-state index contributed by atoms with van der Waals surface area (Å²) >= 11 is 1.06. The van der Waals surface area contributed by atoms with Gasteiger partial charge in [0.1, 0.15) is 10.9 Å². The summed E-state index contributed by atoms with van der Waals surface area (Å²) in [6, 6.07) is 6.91. The van der Waals surface area contributed by atoms with E-state index in [1.807, 2.05) is 0 Å². The lowest BCUT2D eigenvalue weighted by Gasteiger charge is -2.16. The molecule has 0 aliphatic rings. The van der Waals surface area contributed by atoms with Gasteiger partial charge in [-0.25, -0.2) is 4.98 Å². The molecule has 0 aliphatic heterocycles. The lowest BCUT2D eigenvalue weighted by atomic mass is 9.90. The van der Waals surface area contributed by atoms with Crippen LogP contribution in [0.2, 0.25) is 0 Å².